The highest BCUT2D eigenvalue weighted by Crippen LogP contribution is 2.22. The van der Waals surface area contributed by atoms with Crippen LogP contribution in [-0.4, -0.2) is 24.2 Å². The van der Waals surface area contributed by atoms with Crippen molar-refractivity contribution in [1.82, 2.24) is 5.32 Å². The molecule has 0 saturated carbocycles. The van der Waals surface area contributed by atoms with E-state index >= 15 is 0 Å². The first-order valence-corrected chi connectivity index (χ1v) is 7.13. The Morgan fingerprint density at radius 1 is 1.55 bits per heavy atom. The third kappa shape index (κ3) is 3.55. The van der Waals surface area contributed by atoms with Crippen LogP contribution in [0, 0.1) is 23.0 Å². The number of benzene rings is 1. The molecule has 0 aromatic heterocycles. The standard InChI is InChI=1S/C15H22N2O3/c1-11-13(5-3-7-15(11)17(18)19)9-16-12(2)14-6-4-8-20-10-14/h3,5,7,12,14,16H,4,6,8-10H2,1-2H3/t12-,14-/m0/s1. The lowest BCUT2D eigenvalue weighted by atomic mass is 9.94. The van der Waals surface area contributed by atoms with Crippen molar-refractivity contribution in [2.45, 2.75) is 39.3 Å². The van der Waals surface area contributed by atoms with E-state index in [4.69, 9.17) is 4.74 Å². The van der Waals surface area contributed by atoms with Gasteiger partial charge in [0.05, 0.1) is 11.5 Å². The largest absolute Gasteiger partial charge is 0.381 e. The molecule has 0 bridgehead atoms. The molecule has 5 nitrogen and oxygen atoms in total. The number of hydrogen-bond acceptors (Lipinski definition) is 4. The molecule has 0 aliphatic carbocycles. The van der Waals surface area contributed by atoms with Crippen molar-refractivity contribution in [2.24, 2.45) is 5.92 Å². The van der Waals surface area contributed by atoms with Crippen molar-refractivity contribution in [3.63, 3.8) is 0 Å². The zero-order chi connectivity index (χ0) is 14.5. The van der Waals surface area contributed by atoms with E-state index in [2.05, 4.69) is 12.2 Å². The van der Waals surface area contributed by atoms with Gasteiger partial charge in [-0.05, 0) is 38.2 Å². The molecule has 20 heavy (non-hydrogen) atoms. The summed E-state index contributed by atoms with van der Waals surface area (Å²) in [7, 11) is 0. The minimum Gasteiger partial charge on any atom is -0.381 e. The van der Waals surface area contributed by atoms with Crippen LogP contribution in [0.1, 0.15) is 30.9 Å². The van der Waals surface area contributed by atoms with Crippen molar-refractivity contribution in [2.75, 3.05) is 13.2 Å². The second-order valence-corrected chi connectivity index (χ2v) is 5.47. The molecular weight excluding hydrogens is 256 g/mol. The molecule has 1 heterocycles. The van der Waals surface area contributed by atoms with Crippen molar-refractivity contribution in [3.8, 4) is 0 Å². The summed E-state index contributed by atoms with van der Waals surface area (Å²) in [6.07, 6.45) is 2.30. The number of rotatable bonds is 5. The lowest BCUT2D eigenvalue weighted by molar-refractivity contribution is -0.385. The molecule has 1 N–H and O–H groups in total. The predicted molar refractivity (Wildman–Crippen MR) is 77.7 cm³/mol. The SMILES string of the molecule is Cc1c(CN[C@@H](C)[C@H]2CCCOC2)cccc1[N+](=O)[O-]. The molecule has 0 spiro atoms. The van der Waals surface area contributed by atoms with Crippen LogP contribution in [0.25, 0.3) is 0 Å². The van der Waals surface area contributed by atoms with Gasteiger partial charge in [-0.15, -0.1) is 0 Å². The summed E-state index contributed by atoms with van der Waals surface area (Å²) in [5.74, 6) is 0.530. The maximum absolute atomic E-state index is 10.9. The first-order chi connectivity index (χ1) is 9.59. The fourth-order valence-corrected chi connectivity index (χ4v) is 2.66. The third-order valence-corrected chi connectivity index (χ3v) is 4.13. The smallest absolute Gasteiger partial charge is 0.272 e. The molecule has 110 valence electrons. The number of nitro benzene ring substituents is 1. The molecule has 0 radical (unpaired) electrons. The Hall–Kier alpha value is -1.46. The van der Waals surface area contributed by atoms with E-state index in [0.29, 0.717) is 18.5 Å². The van der Waals surface area contributed by atoms with Gasteiger partial charge in [-0.2, -0.15) is 0 Å². The lowest BCUT2D eigenvalue weighted by Gasteiger charge is -2.28. The lowest BCUT2D eigenvalue weighted by Crippen LogP contribution is -2.37. The first-order valence-electron chi connectivity index (χ1n) is 7.13. The Balaban J connectivity index is 1.96. The van der Waals surface area contributed by atoms with Crippen LogP contribution < -0.4 is 5.32 Å². The minimum atomic E-state index is -0.322. The van der Waals surface area contributed by atoms with E-state index < -0.39 is 0 Å². The fraction of sp³-hybridized carbons (Fsp3) is 0.600. The molecule has 2 rings (SSSR count). The number of nitrogens with zero attached hydrogens (tertiary/aromatic N) is 1. The van der Waals surface area contributed by atoms with Gasteiger partial charge < -0.3 is 10.1 Å². The Morgan fingerprint density at radius 3 is 3.00 bits per heavy atom. The zero-order valence-electron chi connectivity index (χ0n) is 12.1. The van der Waals surface area contributed by atoms with Gasteiger partial charge in [0.2, 0.25) is 0 Å². The second kappa shape index (κ2) is 6.81. The van der Waals surface area contributed by atoms with Gasteiger partial charge >= 0.3 is 0 Å². The number of hydrogen-bond donors (Lipinski definition) is 1. The van der Waals surface area contributed by atoms with Crippen LogP contribution in [0.3, 0.4) is 0 Å². The van der Waals surface area contributed by atoms with E-state index in [1.54, 1.807) is 12.1 Å². The average Bonchev–Trinajstić information content (AvgIpc) is 2.46. The second-order valence-electron chi connectivity index (χ2n) is 5.47. The monoisotopic (exact) mass is 278 g/mol. The quantitative estimate of drug-likeness (QED) is 0.664. The van der Waals surface area contributed by atoms with Crippen LogP contribution in [0.4, 0.5) is 5.69 Å². The average molecular weight is 278 g/mol. The summed E-state index contributed by atoms with van der Waals surface area (Å²) in [6, 6.07) is 5.60. The summed E-state index contributed by atoms with van der Waals surface area (Å²) >= 11 is 0. The van der Waals surface area contributed by atoms with Gasteiger partial charge in [-0.3, -0.25) is 10.1 Å². The summed E-state index contributed by atoms with van der Waals surface area (Å²) in [6.45, 7) is 6.30. The van der Waals surface area contributed by atoms with E-state index in [1.807, 2.05) is 13.0 Å². The Morgan fingerprint density at radius 2 is 2.35 bits per heavy atom. The van der Waals surface area contributed by atoms with Crippen LogP contribution in [0.2, 0.25) is 0 Å². The molecular formula is C15H22N2O3. The van der Waals surface area contributed by atoms with Crippen LogP contribution >= 0.6 is 0 Å². The maximum Gasteiger partial charge on any atom is 0.272 e. The van der Waals surface area contributed by atoms with E-state index in [-0.39, 0.29) is 10.6 Å². The number of ether oxygens (including phenoxy) is 1. The highest BCUT2D eigenvalue weighted by molar-refractivity contribution is 5.44. The summed E-state index contributed by atoms with van der Waals surface area (Å²) in [5.41, 5.74) is 1.93. The Kier molecular flexibility index (Phi) is 5.09. The maximum atomic E-state index is 10.9. The van der Waals surface area contributed by atoms with Crippen molar-refractivity contribution in [1.29, 1.82) is 0 Å². The topological polar surface area (TPSA) is 64.4 Å². The molecule has 1 saturated heterocycles. The molecule has 1 aromatic carbocycles. The van der Waals surface area contributed by atoms with E-state index in [1.165, 1.54) is 6.42 Å². The number of nitrogens with one attached hydrogen (secondary N) is 1. The third-order valence-electron chi connectivity index (χ3n) is 4.13. The van der Waals surface area contributed by atoms with Gasteiger partial charge in [-0.1, -0.05) is 12.1 Å². The molecule has 5 heteroatoms. The predicted octanol–water partition coefficient (Wildman–Crippen LogP) is 2.81. The Labute approximate surface area is 119 Å². The van der Waals surface area contributed by atoms with E-state index in [0.717, 1.165) is 30.8 Å². The van der Waals surface area contributed by atoms with Crippen molar-refractivity contribution < 1.29 is 9.66 Å². The summed E-state index contributed by atoms with van der Waals surface area (Å²) < 4.78 is 5.50. The fourth-order valence-electron chi connectivity index (χ4n) is 2.66. The van der Waals surface area contributed by atoms with Crippen molar-refractivity contribution in [3.05, 3.63) is 39.4 Å². The number of nitro groups is 1. The molecule has 0 unspecified atom stereocenters. The van der Waals surface area contributed by atoms with E-state index in [9.17, 15) is 10.1 Å². The first kappa shape index (κ1) is 14.9. The molecule has 1 aliphatic heterocycles. The van der Waals surface area contributed by atoms with Gasteiger partial charge in [0.15, 0.2) is 0 Å². The van der Waals surface area contributed by atoms with Crippen LogP contribution in [-0.2, 0) is 11.3 Å². The Bertz CT molecular complexity index is 470. The van der Waals surface area contributed by atoms with Gasteiger partial charge in [0, 0.05) is 30.8 Å². The van der Waals surface area contributed by atoms with Crippen molar-refractivity contribution >= 4 is 5.69 Å². The van der Waals surface area contributed by atoms with Gasteiger partial charge in [0.25, 0.3) is 5.69 Å². The molecule has 1 aliphatic rings. The summed E-state index contributed by atoms with van der Waals surface area (Å²) in [4.78, 5) is 10.6. The van der Waals surface area contributed by atoms with Gasteiger partial charge in [-0.25, -0.2) is 0 Å². The highest BCUT2D eigenvalue weighted by Gasteiger charge is 2.21. The molecule has 2 atom stereocenters. The molecule has 1 aromatic rings. The highest BCUT2D eigenvalue weighted by atomic mass is 16.6. The van der Waals surface area contributed by atoms with Crippen LogP contribution in [0.5, 0.6) is 0 Å². The van der Waals surface area contributed by atoms with Crippen LogP contribution in [0.15, 0.2) is 18.2 Å². The minimum absolute atomic E-state index is 0.193. The molecule has 1 fully saturated rings. The molecule has 0 amide bonds. The van der Waals surface area contributed by atoms with Gasteiger partial charge in [0.1, 0.15) is 0 Å². The zero-order valence-corrected chi connectivity index (χ0v) is 12.1. The summed E-state index contributed by atoms with van der Waals surface area (Å²) in [5, 5.41) is 14.4. The normalized spacial score (nSPS) is 20.6.